The maximum Gasteiger partial charge on any atom is 0.215 e. The number of aromatic nitrogens is 1. The fourth-order valence-electron chi connectivity index (χ4n) is 3.44. The Kier molecular flexibility index (Phi) is 4.87. The second-order valence-electron chi connectivity index (χ2n) is 6.75. The maximum atomic E-state index is 13.1. The van der Waals surface area contributed by atoms with E-state index in [9.17, 15) is 4.79 Å². The van der Waals surface area contributed by atoms with Crippen molar-refractivity contribution in [3.8, 4) is 22.4 Å². The zero-order valence-electron chi connectivity index (χ0n) is 15.6. The summed E-state index contributed by atoms with van der Waals surface area (Å²) in [5, 5.41) is 0.817. The zero-order chi connectivity index (χ0) is 20.7. The third-order valence-corrected chi connectivity index (χ3v) is 7.18. The summed E-state index contributed by atoms with van der Waals surface area (Å²) in [7, 11) is 0. The Morgan fingerprint density at radius 2 is 1.53 bits per heavy atom. The van der Waals surface area contributed by atoms with Crippen molar-refractivity contribution >= 4 is 56.0 Å². The summed E-state index contributed by atoms with van der Waals surface area (Å²) in [5.74, 6) is -0.118. The van der Waals surface area contributed by atoms with E-state index in [0.29, 0.717) is 19.8 Å². The molecule has 0 amide bonds. The molecule has 0 fully saturated rings. The number of thiophene rings is 2. The van der Waals surface area contributed by atoms with E-state index in [1.165, 1.54) is 22.7 Å². The molecule has 0 aliphatic carbocycles. The molecule has 146 valence electrons. The van der Waals surface area contributed by atoms with Gasteiger partial charge in [-0.3, -0.25) is 4.79 Å². The van der Waals surface area contributed by atoms with Crippen LogP contribution in [0.4, 0.5) is 5.69 Å². The van der Waals surface area contributed by atoms with Gasteiger partial charge in [-0.1, -0.05) is 72.3 Å². The molecular formula is C24H15ClN2OS2. The van der Waals surface area contributed by atoms with Gasteiger partial charge in [0.15, 0.2) is 0 Å². The number of rotatable bonds is 4. The lowest BCUT2D eigenvalue weighted by atomic mass is 9.99. The predicted molar refractivity (Wildman–Crippen MR) is 128 cm³/mol. The third kappa shape index (κ3) is 3.31. The van der Waals surface area contributed by atoms with Gasteiger partial charge in [-0.25, -0.2) is 4.98 Å². The molecule has 30 heavy (non-hydrogen) atoms. The van der Waals surface area contributed by atoms with Crippen LogP contribution < -0.4 is 5.73 Å². The Morgan fingerprint density at radius 1 is 0.867 bits per heavy atom. The van der Waals surface area contributed by atoms with E-state index in [-0.39, 0.29) is 5.78 Å². The number of fused-ring (bicyclic) bond motifs is 1. The molecule has 0 saturated heterocycles. The van der Waals surface area contributed by atoms with Crippen molar-refractivity contribution in [3.63, 3.8) is 0 Å². The van der Waals surface area contributed by atoms with Crippen LogP contribution in [0.15, 0.2) is 78.9 Å². The van der Waals surface area contributed by atoms with Crippen molar-refractivity contribution in [3.05, 3.63) is 93.0 Å². The van der Waals surface area contributed by atoms with Crippen molar-refractivity contribution in [2.75, 3.05) is 5.73 Å². The predicted octanol–water partition coefficient (Wildman–Crippen LogP) is 7.16. The summed E-state index contributed by atoms with van der Waals surface area (Å²) < 4.78 is 0.576. The normalized spacial score (nSPS) is 11.1. The quantitative estimate of drug-likeness (QED) is 0.298. The summed E-state index contributed by atoms with van der Waals surface area (Å²) in [6, 6.07) is 25.6. The first-order chi connectivity index (χ1) is 14.6. The van der Waals surface area contributed by atoms with Gasteiger partial charge >= 0.3 is 0 Å². The number of ketones is 1. The highest BCUT2D eigenvalue weighted by Gasteiger charge is 2.23. The Hall–Kier alpha value is -2.99. The van der Waals surface area contributed by atoms with Crippen LogP contribution >= 0.6 is 34.3 Å². The minimum absolute atomic E-state index is 0.118. The van der Waals surface area contributed by atoms with Crippen LogP contribution in [-0.4, -0.2) is 10.8 Å². The van der Waals surface area contributed by atoms with Crippen LogP contribution in [0.5, 0.6) is 0 Å². The van der Waals surface area contributed by atoms with Gasteiger partial charge in [-0.15, -0.1) is 22.7 Å². The molecule has 0 bridgehead atoms. The monoisotopic (exact) mass is 446 g/mol. The second kappa shape index (κ2) is 7.69. The number of pyridine rings is 1. The summed E-state index contributed by atoms with van der Waals surface area (Å²) in [6.45, 7) is 0. The van der Waals surface area contributed by atoms with E-state index in [1.54, 1.807) is 12.1 Å². The summed E-state index contributed by atoms with van der Waals surface area (Å²) in [5.41, 5.74) is 10.9. The Labute approximate surface area is 186 Å². The van der Waals surface area contributed by atoms with Crippen LogP contribution in [0.2, 0.25) is 4.34 Å². The van der Waals surface area contributed by atoms with E-state index < -0.39 is 0 Å². The molecule has 0 aliphatic rings. The molecule has 0 unspecified atom stereocenters. The van der Waals surface area contributed by atoms with Crippen LogP contribution in [0.25, 0.3) is 32.6 Å². The lowest BCUT2D eigenvalue weighted by Crippen LogP contribution is -1.99. The van der Waals surface area contributed by atoms with Crippen molar-refractivity contribution in [2.24, 2.45) is 0 Å². The molecule has 5 aromatic rings. The summed E-state index contributed by atoms with van der Waals surface area (Å²) in [6.07, 6.45) is 0. The lowest BCUT2D eigenvalue weighted by molar-refractivity contribution is 0.104. The maximum absolute atomic E-state index is 13.1. The molecule has 0 atom stereocenters. The van der Waals surface area contributed by atoms with Crippen molar-refractivity contribution in [1.82, 2.24) is 4.98 Å². The first kappa shape index (κ1) is 19.0. The standard InChI is InChI=1S/C24H15ClN2OS2/c25-19-12-11-18(29-19)22(28)23-21(26)20-16(14-7-3-1-4-8-14)13-17(27-24(20)30-23)15-9-5-2-6-10-15/h1-13H,26H2. The van der Waals surface area contributed by atoms with Gasteiger partial charge in [0.1, 0.15) is 9.71 Å². The van der Waals surface area contributed by atoms with Crippen LogP contribution in [0.3, 0.4) is 0 Å². The number of carbonyl (C=O) groups excluding carboxylic acids is 1. The second-order valence-corrected chi connectivity index (χ2v) is 9.46. The number of nitrogens with two attached hydrogens (primary N) is 1. The SMILES string of the molecule is Nc1c(C(=O)c2ccc(Cl)s2)sc2nc(-c3ccccc3)cc(-c3ccccc3)c12. The van der Waals surface area contributed by atoms with E-state index in [0.717, 1.165) is 32.6 Å². The average Bonchev–Trinajstić information content (AvgIpc) is 3.37. The molecule has 2 aromatic carbocycles. The van der Waals surface area contributed by atoms with Crippen molar-refractivity contribution in [2.45, 2.75) is 0 Å². The van der Waals surface area contributed by atoms with Crippen LogP contribution in [0, 0.1) is 0 Å². The van der Waals surface area contributed by atoms with Crippen LogP contribution in [-0.2, 0) is 0 Å². The molecule has 3 nitrogen and oxygen atoms in total. The van der Waals surface area contributed by atoms with E-state index in [2.05, 4.69) is 0 Å². The van der Waals surface area contributed by atoms with Gasteiger partial charge in [0.2, 0.25) is 5.78 Å². The highest BCUT2D eigenvalue weighted by atomic mass is 35.5. The molecule has 5 rings (SSSR count). The first-order valence-corrected chi connectivity index (χ1v) is 11.3. The largest absolute Gasteiger partial charge is 0.397 e. The highest BCUT2D eigenvalue weighted by Crippen LogP contribution is 2.42. The van der Waals surface area contributed by atoms with Crippen LogP contribution in [0.1, 0.15) is 14.5 Å². The van der Waals surface area contributed by atoms with E-state index in [1.807, 2.05) is 66.7 Å². The van der Waals surface area contributed by atoms with Gasteiger partial charge < -0.3 is 5.73 Å². The minimum Gasteiger partial charge on any atom is -0.397 e. The number of hydrogen-bond acceptors (Lipinski definition) is 5. The highest BCUT2D eigenvalue weighted by molar-refractivity contribution is 7.23. The topological polar surface area (TPSA) is 56.0 Å². The fraction of sp³-hybridized carbons (Fsp3) is 0. The summed E-state index contributed by atoms with van der Waals surface area (Å²) in [4.78, 5) is 19.8. The van der Waals surface area contributed by atoms with Gasteiger partial charge in [0.25, 0.3) is 0 Å². The number of carbonyl (C=O) groups is 1. The average molecular weight is 447 g/mol. The molecule has 0 spiro atoms. The molecule has 0 radical (unpaired) electrons. The lowest BCUT2D eigenvalue weighted by Gasteiger charge is -2.09. The van der Waals surface area contributed by atoms with Gasteiger partial charge in [0.05, 0.1) is 20.6 Å². The molecule has 3 heterocycles. The van der Waals surface area contributed by atoms with E-state index in [4.69, 9.17) is 22.3 Å². The van der Waals surface area contributed by atoms with E-state index >= 15 is 0 Å². The van der Waals surface area contributed by atoms with Gasteiger partial charge in [-0.2, -0.15) is 0 Å². The number of halogens is 1. The number of nitrogen functional groups attached to an aromatic ring is 1. The molecular weight excluding hydrogens is 432 g/mol. The molecule has 0 aliphatic heterocycles. The number of nitrogens with zero attached hydrogens (tertiary/aromatic N) is 1. The number of hydrogen-bond donors (Lipinski definition) is 1. The Bertz CT molecular complexity index is 1370. The van der Waals surface area contributed by atoms with Crippen molar-refractivity contribution in [1.29, 1.82) is 0 Å². The molecule has 0 saturated carbocycles. The Balaban J connectivity index is 1.77. The molecule has 3 aromatic heterocycles. The number of benzene rings is 2. The van der Waals surface area contributed by atoms with Gasteiger partial charge in [-0.05, 0) is 29.3 Å². The Morgan fingerprint density at radius 3 is 2.17 bits per heavy atom. The molecule has 2 N–H and O–H groups in total. The minimum atomic E-state index is -0.118. The zero-order valence-corrected chi connectivity index (χ0v) is 18.0. The fourth-order valence-corrected chi connectivity index (χ4v) is 5.57. The summed E-state index contributed by atoms with van der Waals surface area (Å²) >= 11 is 8.62. The van der Waals surface area contributed by atoms with Crippen molar-refractivity contribution < 1.29 is 4.79 Å². The van der Waals surface area contributed by atoms with Gasteiger partial charge in [0, 0.05) is 10.9 Å². The third-order valence-electron chi connectivity index (χ3n) is 4.86. The number of anilines is 1. The first-order valence-electron chi connectivity index (χ1n) is 9.25. The molecule has 6 heteroatoms. The smallest absolute Gasteiger partial charge is 0.215 e.